The lowest BCUT2D eigenvalue weighted by molar-refractivity contribution is -0.131. The molecule has 15 heavy (non-hydrogen) atoms. The van der Waals surface area contributed by atoms with Gasteiger partial charge in [-0.1, -0.05) is 25.1 Å². The van der Waals surface area contributed by atoms with Crippen LogP contribution in [0.5, 0.6) is 0 Å². The van der Waals surface area contributed by atoms with Crippen molar-refractivity contribution in [2.75, 3.05) is 6.54 Å². The van der Waals surface area contributed by atoms with Gasteiger partial charge in [0.15, 0.2) is 0 Å². The van der Waals surface area contributed by atoms with Crippen LogP contribution in [0.2, 0.25) is 0 Å². The summed E-state index contributed by atoms with van der Waals surface area (Å²) in [5.41, 5.74) is 5.16. The van der Waals surface area contributed by atoms with Crippen LogP contribution in [0, 0.1) is 11.3 Å². The second-order valence-corrected chi connectivity index (χ2v) is 5.25. The molecule has 0 aliphatic heterocycles. The van der Waals surface area contributed by atoms with Crippen LogP contribution in [0.4, 0.5) is 0 Å². The van der Waals surface area contributed by atoms with Crippen LogP contribution < -0.4 is 11.1 Å². The molecule has 0 radical (unpaired) electrons. The summed E-state index contributed by atoms with van der Waals surface area (Å²) in [6, 6.07) is 0. The van der Waals surface area contributed by atoms with E-state index in [1.807, 2.05) is 0 Å². The normalized spacial score (nSPS) is 23.7. The number of nitrogens with one attached hydrogen (secondary N) is 1. The van der Waals surface area contributed by atoms with Gasteiger partial charge in [0.1, 0.15) is 0 Å². The summed E-state index contributed by atoms with van der Waals surface area (Å²) < 4.78 is 0. The van der Waals surface area contributed by atoms with Crippen LogP contribution in [-0.2, 0) is 4.79 Å². The van der Waals surface area contributed by atoms with Crippen molar-refractivity contribution in [1.29, 1.82) is 0 Å². The van der Waals surface area contributed by atoms with E-state index in [0.717, 1.165) is 25.8 Å². The van der Waals surface area contributed by atoms with Gasteiger partial charge in [-0.15, -0.1) is 0 Å². The summed E-state index contributed by atoms with van der Waals surface area (Å²) in [7, 11) is 0. The average molecular weight is 226 g/mol. The van der Waals surface area contributed by atoms with E-state index in [1.165, 1.54) is 19.3 Å². The molecular formula is C11H18N2OS. The molecule has 0 heterocycles. The fourth-order valence-electron chi connectivity index (χ4n) is 2.22. The van der Waals surface area contributed by atoms with Crippen LogP contribution in [0.1, 0.15) is 38.5 Å². The standard InChI is InChI=1S/C11H18N2OS/c12-9(15)11(5-2-6-11)10(14)13-7-8-3-1-4-8/h8H,1-7H2,(H2,12,15)(H,13,14). The molecule has 0 aromatic heterocycles. The molecule has 0 atom stereocenters. The number of hydrogen-bond acceptors (Lipinski definition) is 2. The monoisotopic (exact) mass is 226 g/mol. The van der Waals surface area contributed by atoms with Crippen molar-refractivity contribution in [2.45, 2.75) is 38.5 Å². The lowest BCUT2D eigenvalue weighted by Gasteiger charge is -2.39. The Bertz CT molecular complexity index is 282. The Morgan fingerprint density at radius 3 is 2.40 bits per heavy atom. The van der Waals surface area contributed by atoms with Crippen LogP contribution in [0.25, 0.3) is 0 Å². The van der Waals surface area contributed by atoms with E-state index in [1.54, 1.807) is 0 Å². The molecule has 2 saturated carbocycles. The van der Waals surface area contributed by atoms with Gasteiger partial charge >= 0.3 is 0 Å². The molecule has 0 aromatic rings. The summed E-state index contributed by atoms with van der Waals surface area (Å²) in [5, 5.41) is 3.00. The summed E-state index contributed by atoms with van der Waals surface area (Å²) in [5.74, 6) is 0.755. The number of carbonyl (C=O) groups excluding carboxylic acids is 1. The summed E-state index contributed by atoms with van der Waals surface area (Å²) in [6.45, 7) is 0.809. The Morgan fingerprint density at radius 2 is 2.07 bits per heavy atom. The molecule has 4 heteroatoms. The highest BCUT2D eigenvalue weighted by atomic mass is 32.1. The second-order valence-electron chi connectivity index (χ2n) is 4.81. The van der Waals surface area contributed by atoms with Gasteiger partial charge < -0.3 is 11.1 Å². The maximum atomic E-state index is 12.0. The first kappa shape index (κ1) is 10.9. The van der Waals surface area contributed by atoms with Gasteiger partial charge in [-0.2, -0.15) is 0 Å². The number of rotatable bonds is 4. The van der Waals surface area contributed by atoms with Gasteiger partial charge in [0.05, 0.1) is 10.4 Å². The Hall–Kier alpha value is -0.640. The summed E-state index contributed by atoms with van der Waals surface area (Å²) in [4.78, 5) is 12.3. The molecule has 0 saturated heterocycles. The molecule has 2 aliphatic rings. The molecule has 1 amide bonds. The van der Waals surface area contributed by atoms with Gasteiger partial charge in [-0.05, 0) is 31.6 Å². The lowest BCUT2D eigenvalue weighted by atomic mass is 9.68. The minimum Gasteiger partial charge on any atom is -0.392 e. The van der Waals surface area contributed by atoms with Crippen molar-refractivity contribution in [1.82, 2.24) is 5.32 Å². The summed E-state index contributed by atoms with van der Waals surface area (Å²) >= 11 is 5.00. The Kier molecular flexibility index (Phi) is 2.96. The third kappa shape index (κ3) is 1.87. The fourth-order valence-corrected chi connectivity index (χ4v) is 2.52. The van der Waals surface area contributed by atoms with Crippen molar-refractivity contribution >= 4 is 23.1 Å². The SMILES string of the molecule is NC(=S)C1(C(=O)NCC2CCC2)CCC1. The van der Waals surface area contributed by atoms with Gasteiger partial charge in [0.25, 0.3) is 0 Å². The van der Waals surface area contributed by atoms with Crippen LogP contribution in [-0.4, -0.2) is 17.4 Å². The third-order valence-corrected chi connectivity index (χ3v) is 4.28. The Labute approximate surface area is 95.8 Å². The zero-order valence-corrected chi connectivity index (χ0v) is 9.74. The minimum atomic E-state index is -0.501. The van der Waals surface area contributed by atoms with E-state index < -0.39 is 5.41 Å². The number of thiocarbonyl (C=S) groups is 1. The first-order valence-corrected chi connectivity index (χ1v) is 6.14. The average Bonchev–Trinajstić information content (AvgIpc) is 1.97. The lowest BCUT2D eigenvalue weighted by Crippen LogP contribution is -2.54. The number of nitrogens with two attached hydrogens (primary N) is 1. The molecule has 0 aromatic carbocycles. The molecular weight excluding hydrogens is 208 g/mol. The molecule has 2 fully saturated rings. The molecule has 0 spiro atoms. The second kappa shape index (κ2) is 4.08. The quantitative estimate of drug-likeness (QED) is 0.712. The summed E-state index contributed by atoms with van der Waals surface area (Å²) in [6.07, 6.45) is 6.54. The van der Waals surface area contributed by atoms with Gasteiger partial charge in [0.2, 0.25) is 5.91 Å². The van der Waals surface area contributed by atoms with E-state index in [-0.39, 0.29) is 5.91 Å². The molecule has 3 N–H and O–H groups in total. The fraction of sp³-hybridized carbons (Fsp3) is 0.818. The first-order chi connectivity index (χ1) is 7.15. The van der Waals surface area contributed by atoms with E-state index in [9.17, 15) is 4.79 Å². The Morgan fingerprint density at radius 1 is 1.40 bits per heavy atom. The third-order valence-electron chi connectivity index (χ3n) is 3.89. The molecule has 0 unspecified atom stereocenters. The van der Waals surface area contributed by atoms with Crippen molar-refractivity contribution in [3.05, 3.63) is 0 Å². The smallest absolute Gasteiger partial charge is 0.233 e. The predicted octanol–water partition coefficient (Wildman–Crippen LogP) is 1.36. The molecule has 2 rings (SSSR count). The maximum Gasteiger partial charge on any atom is 0.233 e. The molecule has 2 aliphatic carbocycles. The highest BCUT2D eigenvalue weighted by Gasteiger charge is 2.46. The number of amides is 1. The van der Waals surface area contributed by atoms with Gasteiger partial charge in [-0.3, -0.25) is 4.79 Å². The van der Waals surface area contributed by atoms with Gasteiger partial charge in [-0.25, -0.2) is 0 Å². The van der Waals surface area contributed by atoms with E-state index in [2.05, 4.69) is 5.32 Å². The van der Waals surface area contributed by atoms with Crippen molar-refractivity contribution < 1.29 is 4.79 Å². The van der Waals surface area contributed by atoms with Crippen molar-refractivity contribution in [3.63, 3.8) is 0 Å². The van der Waals surface area contributed by atoms with Crippen LogP contribution in [0.15, 0.2) is 0 Å². The highest BCUT2D eigenvalue weighted by Crippen LogP contribution is 2.41. The van der Waals surface area contributed by atoms with Crippen molar-refractivity contribution in [3.8, 4) is 0 Å². The van der Waals surface area contributed by atoms with E-state index >= 15 is 0 Å². The zero-order chi connectivity index (χ0) is 10.9. The highest BCUT2D eigenvalue weighted by molar-refractivity contribution is 7.80. The first-order valence-electron chi connectivity index (χ1n) is 5.73. The maximum absolute atomic E-state index is 12.0. The molecule has 3 nitrogen and oxygen atoms in total. The van der Waals surface area contributed by atoms with Crippen LogP contribution >= 0.6 is 12.2 Å². The minimum absolute atomic E-state index is 0.0631. The van der Waals surface area contributed by atoms with Crippen molar-refractivity contribution in [2.24, 2.45) is 17.1 Å². The molecule has 84 valence electrons. The zero-order valence-electron chi connectivity index (χ0n) is 8.92. The predicted molar refractivity (Wildman–Crippen MR) is 63.4 cm³/mol. The van der Waals surface area contributed by atoms with E-state index in [4.69, 9.17) is 18.0 Å². The Balaban J connectivity index is 1.85. The largest absolute Gasteiger partial charge is 0.392 e. The van der Waals surface area contributed by atoms with Gasteiger partial charge in [0, 0.05) is 6.54 Å². The van der Waals surface area contributed by atoms with Crippen LogP contribution in [0.3, 0.4) is 0 Å². The number of hydrogen-bond donors (Lipinski definition) is 2. The number of carbonyl (C=O) groups is 1. The topological polar surface area (TPSA) is 55.1 Å². The molecule has 0 bridgehead atoms. The van der Waals surface area contributed by atoms with E-state index in [0.29, 0.717) is 10.9 Å².